The lowest BCUT2D eigenvalue weighted by atomic mass is 9.96. The smallest absolute Gasteiger partial charge is 0.325 e. The third-order valence-electron chi connectivity index (χ3n) is 2.82. The summed E-state index contributed by atoms with van der Waals surface area (Å²) >= 11 is 0. The Hall–Kier alpha value is -1.62. The SMILES string of the molecule is COC(=O)C(C)(N)CCCCOc1ccc(F)cc1. The summed E-state index contributed by atoms with van der Waals surface area (Å²) in [6.07, 6.45) is 2.05. The molecule has 5 heteroatoms. The van der Waals surface area contributed by atoms with Crippen molar-refractivity contribution in [2.75, 3.05) is 13.7 Å². The van der Waals surface area contributed by atoms with E-state index in [2.05, 4.69) is 4.74 Å². The van der Waals surface area contributed by atoms with Gasteiger partial charge in [-0.1, -0.05) is 0 Å². The number of nitrogens with two attached hydrogens (primary N) is 1. The van der Waals surface area contributed by atoms with Gasteiger partial charge in [-0.3, -0.25) is 4.79 Å². The molecule has 0 radical (unpaired) electrons. The minimum atomic E-state index is -0.954. The quantitative estimate of drug-likeness (QED) is 0.609. The van der Waals surface area contributed by atoms with Crippen molar-refractivity contribution in [3.8, 4) is 5.75 Å². The molecule has 0 heterocycles. The summed E-state index contributed by atoms with van der Waals surface area (Å²) in [5.74, 6) is -0.0684. The van der Waals surface area contributed by atoms with Gasteiger partial charge in [0.2, 0.25) is 0 Å². The number of carbonyl (C=O) groups is 1. The van der Waals surface area contributed by atoms with E-state index in [-0.39, 0.29) is 5.82 Å². The summed E-state index contributed by atoms with van der Waals surface area (Å²) in [6.45, 7) is 2.16. The number of ether oxygens (including phenoxy) is 2. The van der Waals surface area contributed by atoms with E-state index in [0.29, 0.717) is 18.8 Å². The van der Waals surface area contributed by atoms with Crippen LogP contribution >= 0.6 is 0 Å². The van der Waals surface area contributed by atoms with Gasteiger partial charge in [-0.05, 0) is 50.5 Å². The number of methoxy groups -OCH3 is 1. The van der Waals surface area contributed by atoms with Crippen LogP contribution in [-0.4, -0.2) is 25.2 Å². The zero-order valence-corrected chi connectivity index (χ0v) is 11.3. The van der Waals surface area contributed by atoms with Crippen LogP contribution in [-0.2, 0) is 9.53 Å². The predicted molar refractivity (Wildman–Crippen MR) is 70.4 cm³/mol. The molecule has 4 nitrogen and oxygen atoms in total. The fourth-order valence-electron chi connectivity index (χ4n) is 1.65. The Labute approximate surface area is 112 Å². The van der Waals surface area contributed by atoms with Gasteiger partial charge in [0.15, 0.2) is 0 Å². The number of hydrogen-bond donors (Lipinski definition) is 1. The highest BCUT2D eigenvalue weighted by atomic mass is 19.1. The van der Waals surface area contributed by atoms with Crippen molar-refractivity contribution in [2.45, 2.75) is 31.7 Å². The fourth-order valence-corrected chi connectivity index (χ4v) is 1.65. The minimum absolute atomic E-state index is 0.288. The highest BCUT2D eigenvalue weighted by Crippen LogP contribution is 2.14. The van der Waals surface area contributed by atoms with E-state index in [4.69, 9.17) is 10.5 Å². The number of carbonyl (C=O) groups excluding carboxylic acids is 1. The van der Waals surface area contributed by atoms with E-state index in [1.165, 1.54) is 19.2 Å². The number of rotatable bonds is 7. The standard InChI is InChI=1S/C14H20FNO3/c1-14(16,13(17)18-2)9-3-4-10-19-12-7-5-11(15)6-8-12/h5-8H,3-4,9-10,16H2,1-2H3. The third kappa shape index (κ3) is 5.26. The van der Waals surface area contributed by atoms with Gasteiger partial charge in [-0.25, -0.2) is 4.39 Å². The van der Waals surface area contributed by atoms with Crippen molar-refractivity contribution >= 4 is 5.97 Å². The maximum atomic E-state index is 12.7. The number of unbranched alkanes of at least 4 members (excludes halogenated alkanes) is 1. The molecule has 0 aliphatic rings. The summed E-state index contributed by atoms with van der Waals surface area (Å²) in [7, 11) is 1.32. The van der Waals surface area contributed by atoms with Crippen molar-refractivity contribution < 1.29 is 18.7 Å². The molecule has 1 aromatic rings. The second-order valence-corrected chi connectivity index (χ2v) is 4.67. The Morgan fingerprint density at radius 3 is 2.53 bits per heavy atom. The fraction of sp³-hybridized carbons (Fsp3) is 0.500. The van der Waals surface area contributed by atoms with Crippen LogP contribution in [0.2, 0.25) is 0 Å². The molecule has 1 aromatic carbocycles. The first-order chi connectivity index (χ1) is 8.95. The first kappa shape index (κ1) is 15.4. The van der Waals surface area contributed by atoms with Gasteiger partial charge < -0.3 is 15.2 Å². The zero-order chi connectivity index (χ0) is 14.3. The van der Waals surface area contributed by atoms with Gasteiger partial charge in [-0.15, -0.1) is 0 Å². The molecule has 1 atom stereocenters. The molecule has 0 fully saturated rings. The molecule has 0 bridgehead atoms. The molecule has 0 aromatic heterocycles. The molecule has 106 valence electrons. The minimum Gasteiger partial charge on any atom is -0.494 e. The topological polar surface area (TPSA) is 61.5 Å². The monoisotopic (exact) mass is 269 g/mol. The second-order valence-electron chi connectivity index (χ2n) is 4.67. The Kier molecular flexibility index (Phi) is 5.76. The van der Waals surface area contributed by atoms with E-state index in [1.54, 1.807) is 19.1 Å². The third-order valence-corrected chi connectivity index (χ3v) is 2.82. The summed E-state index contributed by atoms with van der Waals surface area (Å²) < 4.78 is 22.7. The molecular formula is C14H20FNO3. The van der Waals surface area contributed by atoms with E-state index >= 15 is 0 Å². The van der Waals surface area contributed by atoms with Crippen LogP contribution in [0.15, 0.2) is 24.3 Å². The summed E-state index contributed by atoms with van der Waals surface area (Å²) in [5, 5.41) is 0. The molecule has 1 rings (SSSR count). The molecule has 0 aliphatic heterocycles. The average Bonchev–Trinajstić information content (AvgIpc) is 2.39. The Morgan fingerprint density at radius 2 is 1.95 bits per heavy atom. The van der Waals surface area contributed by atoms with Crippen molar-refractivity contribution in [3.63, 3.8) is 0 Å². The first-order valence-corrected chi connectivity index (χ1v) is 6.21. The van der Waals surface area contributed by atoms with Gasteiger partial charge in [0.05, 0.1) is 13.7 Å². The van der Waals surface area contributed by atoms with Crippen LogP contribution in [0.3, 0.4) is 0 Å². The van der Waals surface area contributed by atoms with E-state index < -0.39 is 11.5 Å². The maximum Gasteiger partial charge on any atom is 0.325 e. The van der Waals surface area contributed by atoms with Crippen molar-refractivity contribution in [3.05, 3.63) is 30.1 Å². The highest BCUT2D eigenvalue weighted by Gasteiger charge is 2.28. The van der Waals surface area contributed by atoms with Crippen molar-refractivity contribution in [1.82, 2.24) is 0 Å². The Balaban J connectivity index is 2.21. The largest absolute Gasteiger partial charge is 0.494 e. The maximum absolute atomic E-state index is 12.7. The summed E-state index contributed by atoms with van der Waals surface area (Å²) in [5.41, 5.74) is 4.87. The first-order valence-electron chi connectivity index (χ1n) is 6.21. The molecule has 2 N–H and O–H groups in total. The van der Waals surface area contributed by atoms with Crippen LogP contribution in [0.1, 0.15) is 26.2 Å². The Bertz CT molecular complexity index is 404. The number of halogens is 1. The van der Waals surface area contributed by atoms with Gasteiger partial charge in [0.25, 0.3) is 0 Å². The lowest BCUT2D eigenvalue weighted by molar-refractivity contribution is -0.146. The van der Waals surface area contributed by atoms with Crippen LogP contribution < -0.4 is 10.5 Å². The lowest BCUT2D eigenvalue weighted by Crippen LogP contribution is -2.45. The molecule has 1 unspecified atom stereocenters. The Morgan fingerprint density at radius 1 is 1.32 bits per heavy atom. The number of esters is 1. The second kappa shape index (κ2) is 7.09. The molecule has 19 heavy (non-hydrogen) atoms. The van der Waals surface area contributed by atoms with Gasteiger partial charge >= 0.3 is 5.97 Å². The van der Waals surface area contributed by atoms with Crippen LogP contribution in [0.4, 0.5) is 4.39 Å². The molecule has 0 spiro atoms. The van der Waals surface area contributed by atoms with Gasteiger partial charge in [0.1, 0.15) is 17.1 Å². The van der Waals surface area contributed by atoms with E-state index in [9.17, 15) is 9.18 Å². The highest BCUT2D eigenvalue weighted by molar-refractivity contribution is 5.79. The summed E-state index contributed by atoms with van der Waals surface area (Å²) in [4.78, 5) is 11.3. The molecule has 0 saturated heterocycles. The van der Waals surface area contributed by atoms with Crippen molar-refractivity contribution in [2.24, 2.45) is 5.73 Å². The van der Waals surface area contributed by atoms with Crippen LogP contribution in [0.25, 0.3) is 0 Å². The lowest BCUT2D eigenvalue weighted by Gasteiger charge is -2.21. The number of hydrogen-bond acceptors (Lipinski definition) is 4. The van der Waals surface area contributed by atoms with Crippen LogP contribution in [0, 0.1) is 5.82 Å². The molecule has 0 saturated carbocycles. The predicted octanol–water partition coefficient (Wildman–Crippen LogP) is 2.27. The normalized spacial score (nSPS) is 13.7. The van der Waals surface area contributed by atoms with Gasteiger partial charge in [-0.2, -0.15) is 0 Å². The van der Waals surface area contributed by atoms with E-state index in [0.717, 1.165) is 12.8 Å². The molecule has 0 amide bonds. The van der Waals surface area contributed by atoms with E-state index in [1.807, 2.05) is 0 Å². The van der Waals surface area contributed by atoms with Crippen molar-refractivity contribution in [1.29, 1.82) is 0 Å². The van der Waals surface area contributed by atoms with Gasteiger partial charge in [0, 0.05) is 0 Å². The van der Waals surface area contributed by atoms with Crippen LogP contribution in [0.5, 0.6) is 5.75 Å². The summed E-state index contributed by atoms with van der Waals surface area (Å²) in [6, 6.07) is 5.86. The number of benzene rings is 1. The average molecular weight is 269 g/mol. The zero-order valence-electron chi connectivity index (χ0n) is 11.3. The molecule has 0 aliphatic carbocycles. The molecular weight excluding hydrogens is 249 g/mol.